The van der Waals surface area contributed by atoms with Crippen LogP contribution in [-0.4, -0.2) is 36.0 Å². The first-order valence-corrected chi connectivity index (χ1v) is 7.79. The number of methoxy groups -OCH3 is 1. The molecule has 0 spiro atoms. The number of nitrogens with one attached hydrogen (secondary N) is 1. The number of benzene rings is 1. The lowest BCUT2D eigenvalue weighted by Gasteiger charge is -2.14. The molecule has 0 atom stereocenters. The molecule has 1 aromatic carbocycles. The molecule has 0 aliphatic carbocycles. The maximum Gasteiger partial charge on any atom is 0.276 e. The fraction of sp³-hybridized carbons (Fsp3) is 0.375. The Morgan fingerprint density at radius 1 is 1.52 bits per heavy atom. The Morgan fingerprint density at radius 3 is 3.17 bits per heavy atom. The van der Waals surface area contributed by atoms with E-state index in [0.717, 1.165) is 17.7 Å². The Morgan fingerprint density at radius 2 is 2.39 bits per heavy atom. The van der Waals surface area contributed by atoms with E-state index < -0.39 is 0 Å². The summed E-state index contributed by atoms with van der Waals surface area (Å²) in [5, 5.41) is 7.86. The molecule has 1 N–H and O–H groups in total. The van der Waals surface area contributed by atoms with Crippen molar-refractivity contribution in [1.82, 2.24) is 9.78 Å². The first kappa shape index (κ1) is 16.0. The second-order valence-electron chi connectivity index (χ2n) is 5.26. The summed E-state index contributed by atoms with van der Waals surface area (Å²) in [5.41, 5.74) is 2.94. The first-order valence-electron chi connectivity index (χ1n) is 7.41. The van der Waals surface area contributed by atoms with Crippen LogP contribution in [0.3, 0.4) is 0 Å². The normalized spacial score (nSPS) is 13.7. The Kier molecular flexibility index (Phi) is 4.95. The van der Waals surface area contributed by atoms with Crippen molar-refractivity contribution in [2.75, 3.05) is 25.6 Å². The number of amides is 1. The first-order chi connectivity index (χ1) is 11.2. The van der Waals surface area contributed by atoms with E-state index in [1.165, 1.54) is 0 Å². The van der Waals surface area contributed by atoms with Crippen LogP contribution < -0.4 is 5.32 Å². The van der Waals surface area contributed by atoms with E-state index in [1.807, 2.05) is 4.68 Å². The summed E-state index contributed by atoms with van der Waals surface area (Å²) < 4.78 is 12.4. The highest BCUT2D eigenvalue weighted by molar-refractivity contribution is 6.30. The summed E-state index contributed by atoms with van der Waals surface area (Å²) in [6.07, 6.45) is 0.747. The molecule has 1 aromatic heterocycles. The van der Waals surface area contributed by atoms with Crippen molar-refractivity contribution in [3.8, 4) is 0 Å². The Balaban J connectivity index is 1.86. The van der Waals surface area contributed by atoms with Crippen molar-refractivity contribution in [3.63, 3.8) is 0 Å². The second-order valence-corrected chi connectivity index (χ2v) is 5.69. The number of carbonyl (C=O) groups is 1. The van der Waals surface area contributed by atoms with E-state index in [1.54, 1.807) is 31.4 Å². The molecule has 1 amide bonds. The highest BCUT2D eigenvalue weighted by Gasteiger charge is 2.25. The predicted molar refractivity (Wildman–Crippen MR) is 86.9 cm³/mol. The number of ether oxygens (including phenoxy) is 2. The Labute approximate surface area is 139 Å². The van der Waals surface area contributed by atoms with Crippen LogP contribution in [0.5, 0.6) is 0 Å². The minimum atomic E-state index is -0.259. The monoisotopic (exact) mass is 335 g/mol. The summed E-state index contributed by atoms with van der Waals surface area (Å²) in [5.74, 6) is -0.259. The van der Waals surface area contributed by atoms with Crippen LogP contribution in [0.15, 0.2) is 24.3 Å². The Bertz CT molecular complexity index is 715. The number of rotatable bonds is 5. The zero-order chi connectivity index (χ0) is 16.2. The van der Waals surface area contributed by atoms with Gasteiger partial charge in [-0.25, -0.2) is 0 Å². The third-order valence-corrected chi connectivity index (χ3v) is 3.94. The standard InChI is InChI=1S/C16H18ClN3O3/c1-22-8-6-20-14-5-7-23-10-13(14)15(19-20)16(21)18-12-4-2-3-11(17)9-12/h2-4,9H,5-8,10H2,1H3,(H,18,21). The van der Waals surface area contributed by atoms with Crippen molar-refractivity contribution >= 4 is 23.2 Å². The molecule has 122 valence electrons. The van der Waals surface area contributed by atoms with Gasteiger partial charge in [-0.05, 0) is 18.2 Å². The van der Waals surface area contributed by atoms with Gasteiger partial charge in [0.15, 0.2) is 5.69 Å². The molecular formula is C16H18ClN3O3. The van der Waals surface area contributed by atoms with Crippen molar-refractivity contribution in [3.05, 3.63) is 46.2 Å². The van der Waals surface area contributed by atoms with Gasteiger partial charge in [0.05, 0.1) is 26.4 Å². The highest BCUT2D eigenvalue weighted by Crippen LogP contribution is 2.22. The van der Waals surface area contributed by atoms with Crippen molar-refractivity contribution in [2.24, 2.45) is 0 Å². The van der Waals surface area contributed by atoms with Crippen molar-refractivity contribution < 1.29 is 14.3 Å². The number of nitrogens with zero attached hydrogens (tertiary/aromatic N) is 2. The van der Waals surface area contributed by atoms with Crippen LogP contribution in [0.4, 0.5) is 5.69 Å². The lowest BCUT2D eigenvalue weighted by Crippen LogP contribution is -2.17. The maximum atomic E-state index is 12.6. The van der Waals surface area contributed by atoms with Crippen LogP contribution in [0.1, 0.15) is 21.7 Å². The topological polar surface area (TPSA) is 65.4 Å². The SMILES string of the molecule is COCCn1nc(C(=O)Nc2cccc(Cl)c2)c2c1CCOC2. The molecule has 0 saturated heterocycles. The van der Waals surface area contributed by atoms with Gasteiger partial charge in [-0.1, -0.05) is 17.7 Å². The van der Waals surface area contributed by atoms with Gasteiger partial charge in [0.2, 0.25) is 0 Å². The fourth-order valence-electron chi connectivity index (χ4n) is 2.61. The fourth-order valence-corrected chi connectivity index (χ4v) is 2.80. The van der Waals surface area contributed by atoms with Crippen LogP contribution in [0, 0.1) is 0 Å². The molecule has 0 saturated carbocycles. The third-order valence-electron chi connectivity index (χ3n) is 3.70. The van der Waals surface area contributed by atoms with Gasteiger partial charge in [0, 0.05) is 35.5 Å². The van der Waals surface area contributed by atoms with E-state index >= 15 is 0 Å². The summed E-state index contributed by atoms with van der Waals surface area (Å²) in [6, 6.07) is 7.03. The number of halogens is 1. The molecule has 0 unspecified atom stereocenters. The number of hydrogen-bond donors (Lipinski definition) is 1. The number of aromatic nitrogens is 2. The lowest BCUT2D eigenvalue weighted by atomic mass is 10.1. The maximum absolute atomic E-state index is 12.6. The van der Waals surface area contributed by atoms with Crippen LogP contribution >= 0.6 is 11.6 Å². The summed E-state index contributed by atoms with van der Waals surface area (Å²) >= 11 is 5.95. The largest absolute Gasteiger partial charge is 0.383 e. The molecule has 0 radical (unpaired) electrons. The van der Waals surface area contributed by atoms with Crippen molar-refractivity contribution in [2.45, 2.75) is 19.6 Å². The molecule has 23 heavy (non-hydrogen) atoms. The van der Waals surface area contributed by atoms with Gasteiger partial charge in [-0.15, -0.1) is 0 Å². The van der Waals surface area contributed by atoms with Gasteiger partial charge in [0.1, 0.15) is 0 Å². The predicted octanol–water partition coefficient (Wildman–Crippen LogP) is 2.51. The van der Waals surface area contributed by atoms with E-state index in [4.69, 9.17) is 21.1 Å². The minimum absolute atomic E-state index is 0.259. The zero-order valence-electron chi connectivity index (χ0n) is 12.8. The smallest absolute Gasteiger partial charge is 0.276 e. The van der Waals surface area contributed by atoms with Gasteiger partial charge in [0.25, 0.3) is 5.91 Å². The number of hydrogen-bond acceptors (Lipinski definition) is 4. The van der Waals surface area contributed by atoms with E-state index in [0.29, 0.717) is 42.8 Å². The van der Waals surface area contributed by atoms with E-state index in [2.05, 4.69) is 10.4 Å². The summed E-state index contributed by atoms with van der Waals surface area (Å²) in [4.78, 5) is 12.6. The average molecular weight is 336 g/mol. The quantitative estimate of drug-likeness (QED) is 0.911. The molecule has 7 heteroatoms. The molecule has 3 rings (SSSR count). The Hall–Kier alpha value is -1.89. The van der Waals surface area contributed by atoms with Gasteiger partial charge in [-0.2, -0.15) is 5.10 Å². The van der Waals surface area contributed by atoms with Crippen LogP contribution in [0.25, 0.3) is 0 Å². The van der Waals surface area contributed by atoms with E-state index in [9.17, 15) is 4.79 Å². The zero-order valence-corrected chi connectivity index (χ0v) is 13.6. The molecule has 2 heterocycles. The molecule has 6 nitrogen and oxygen atoms in total. The van der Waals surface area contributed by atoms with E-state index in [-0.39, 0.29) is 5.91 Å². The molecule has 0 bridgehead atoms. The van der Waals surface area contributed by atoms with Gasteiger partial charge in [-0.3, -0.25) is 9.48 Å². The van der Waals surface area contributed by atoms with Crippen molar-refractivity contribution in [1.29, 1.82) is 0 Å². The lowest BCUT2D eigenvalue weighted by molar-refractivity contribution is 0.0983. The second kappa shape index (κ2) is 7.12. The molecule has 0 fully saturated rings. The van der Waals surface area contributed by atoms with Gasteiger partial charge < -0.3 is 14.8 Å². The molecule has 2 aromatic rings. The number of fused-ring (bicyclic) bond motifs is 1. The third kappa shape index (κ3) is 3.55. The van der Waals surface area contributed by atoms with Gasteiger partial charge >= 0.3 is 0 Å². The molecule has 1 aliphatic heterocycles. The molecular weight excluding hydrogens is 318 g/mol. The summed E-state index contributed by atoms with van der Waals surface area (Å²) in [7, 11) is 1.64. The number of carbonyl (C=O) groups excluding carboxylic acids is 1. The number of anilines is 1. The molecule has 1 aliphatic rings. The van der Waals surface area contributed by atoms with Crippen LogP contribution in [-0.2, 0) is 29.0 Å². The summed E-state index contributed by atoms with van der Waals surface area (Å²) in [6.45, 7) is 2.20. The van der Waals surface area contributed by atoms with Crippen LogP contribution in [0.2, 0.25) is 5.02 Å². The highest BCUT2D eigenvalue weighted by atomic mass is 35.5. The average Bonchev–Trinajstić information content (AvgIpc) is 2.92. The minimum Gasteiger partial charge on any atom is -0.383 e.